The van der Waals surface area contributed by atoms with Crippen LogP contribution in [0.5, 0.6) is 0 Å². The van der Waals surface area contributed by atoms with Gasteiger partial charge in [0.05, 0.1) is 12.0 Å². The molecule has 1 N–H and O–H groups in total. The average molecular weight is 429 g/mol. The van der Waals surface area contributed by atoms with Crippen LogP contribution in [-0.4, -0.2) is 36.5 Å². The summed E-state index contributed by atoms with van der Waals surface area (Å²) < 4.78 is 31.8. The minimum Gasteiger partial charge on any atom is -0.445 e. The Morgan fingerprint density at radius 1 is 1.32 bits per heavy atom. The van der Waals surface area contributed by atoms with E-state index in [1.807, 2.05) is 0 Å². The number of aromatic nitrogens is 2. The third-order valence-electron chi connectivity index (χ3n) is 5.73. The lowest BCUT2D eigenvalue weighted by Gasteiger charge is -2.31. The average Bonchev–Trinajstić information content (AvgIpc) is 3.16. The molecule has 0 aliphatic heterocycles. The van der Waals surface area contributed by atoms with Crippen molar-refractivity contribution in [3.05, 3.63) is 66.0 Å². The molecule has 0 radical (unpaired) electrons. The zero-order valence-corrected chi connectivity index (χ0v) is 17.6. The number of ether oxygens (including phenoxy) is 3. The highest BCUT2D eigenvalue weighted by Gasteiger charge is 2.28. The summed E-state index contributed by atoms with van der Waals surface area (Å²) in [6.45, 7) is 0.234. The molecule has 4 rings (SSSR count). The summed E-state index contributed by atoms with van der Waals surface area (Å²) in [4.78, 5) is 16.3. The number of imidazole rings is 1. The molecule has 0 spiro atoms. The van der Waals surface area contributed by atoms with Gasteiger partial charge in [0, 0.05) is 27.5 Å². The maximum absolute atomic E-state index is 14.6. The number of rotatable bonds is 7. The number of halogens is 1. The van der Waals surface area contributed by atoms with Gasteiger partial charge < -0.3 is 18.8 Å². The lowest BCUT2D eigenvalue weighted by molar-refractivity contribution is -0.108. The van der Waals surface area contributed by atoms with Gasteiger partial charge in [0.1, 0.15) is 18.1 Å². The first-order chi connectivity index (χ1) is 15.1. The van der Waals surface area contributed by atoms with Gasteiger partial charge in [-0.3, -0.25) is 5.32 Å². The van der Waals surface area contributed by atoms with Gasteiger partial charge in [-0.05, 0) is 54.9 Å². The van der Waals surface area contributed by atoms with Gasteiger partial charge in [0.25, 0.3) is 0 Å². The molecule has 1 fully saturated rings. The van der Waals surface area contributed by atoms with Crippen LogP contribution in [0.3, 0.4) is 0 Å². The van der Waals surface area contributed by atoms with Crippen molar-refractivity contribution in [1.82, 2.24) is 9.55 Å². The summed E-state index contributed by atoms with van der Waals surface area (Å²) in [6, 6.07) is 4.41. The van der Waals surface area contributed by atoms with E-state index in [2.05, 4.69) is 28.5 Å². The fourth-order valence-electron chi connectivity index (χ4n) is 3.90. The number of amides is 1. The Labute approximate surface area is 182 Å². The Morgan fingerprint density at radius 2 is 2.13 bits per heavy atom. The molecule has 166 valence electrons. The zero-order chi connectivity index (χ0) is 21.8. The second-order valence-electron chi connectivity index (χ2n) is 7.74. The van der Waals surface area contributed by atoms with Crippen molar-refractivity contribution in [2.75, 3.05) is 26.1 Å². The third-order valence-corrected chi connectivity index (χ3v) is 5.73. The number of methoxy groups -OCH3 is 2. The van der Waals surface area contributed by atoms with E-state index < -0.39 is 18.2 Å². The number of anilines is 1. The summed E-state index contributed by atoms with van der Waals surface area (Å²) in [7, 11) is 3.00. The van der Waals surface area contributed by atoms with E-state index in [0.29, 0.717) is 23.2 Å². The number of carbonyl (C=O) groups excluding carboxylic acids is 1. The Hall–Kier alpha value is -2.97. The topological polar surface area (TPSA) is 74.6 Å². The predicted molar refractivity (Wildman–Crippen MR) is 115 cm³/mol. The van der Waals surface area contributed by atoms with Crippen molar-refractivity contribution in [2.24, 2.45) is 11.8 Å². The van der Waals surface area contributed by atoms with Crippen molar-refractivity contribution >= 4 is 11.8 Å². The number of nitrogens with one attached hydrogen (secondary N) is 1. The minimum absolute atomic E-state index is 0. The number of allylic oxidation sites excluding steroid dienone is 3. The second kappa shape index (κ2) is 9.45. The molecule has 31 heavy (non-hydrogen) atoms. The van der Waals surface area contributed by atoms with Gasteiger partial charge in [0.2, 0.25) is 6.29 Å². The van der Waals surface area contributed by atoms with Gasteiger partial charge in [-0.25, -0.2) is 14.2 Å². The molecular formula is C23H28FN3O4. The molecule has 2 aromatic rings. The van der Waals surface area contributed by atoms with Gasteiger partial charge in [-0.1, -0.05) is 18.2 Å². The van der Waals surface area contributed by atoms with E-state index in [1.54, 1.807) is 18.3 Å². The van der Waals surface area contributed by atoms with Crippen LogP contribution in [-0.2, 0) is 14.2 Å². The van der Waals surface area contributed by atoms with Crippen molar-refractivity contribution in [2.45, 2.75) is 25.6 Å². The lowest BCUT2D eigenvalue weighted by Crippen LogP contribution is -2.22. The molecule has 1 aromatic heterocycles. The molecule has 2 aliphatic rings. The largest absolute Gasteiger partial charge is 0.445 e. The maximum Gasteiger partial charge on any atom is 0.411 e. The highest BCUT2D eigenvalue weighted by atomic mass is 19.1. The molecule has 0 bridgehead atoms. The number of hydrogen-bond donors (Lipinski definition) is 1. The first-order valence-electron chi connectivity index (χ1n) is 10.3. The summed E-state index contributed by atoms with van der Waals surface area (Å²) in [5.41, 5.74) is 2.22. The van der Waals surface area contributed by atoms with E-state index in [0.717, 1.165) is 12.0 Å². The monoisotopic (exact) mass is 429 g/mol. The fraction of sp³-hybridized carbons (Fsp3) is 0.391. The molecule has 1 heterocycles. The fourth-order valence-corrected chi connectivity index (χ4v) is 3.90. The Balaban J connectivity index is 0.00000289. The molecule has 8 heteroatoms. The van der Waals surface area contributed by atoms with Crippen molar-refractivity contribution in [3.63, 3.8) is 0 Å². The molecule has 7 nitrogen and oxygen atoms in total. The van der Waals surface area contributed by atoms with Crippen molar-refractivity contribution in [3.8, 4) is 5.69 Å². The van der Waals surface area contributed by atoms with Crippen LogP contribution in [0.2, 0.25) is 0 Å². The standard InChI is InChI=1S/C23H26FN3O4.H2/c1-29-22(30-2)20-12-27(14-25-20)21-9-8-18(11-19(21)24)26-23(28)31-13-15-4-3-5-16-6-7-17(16)10-15;/h3,5,8-12,14,16-17,22H,4,6-7,13H2,1-2H3,(H,26,28);1H. The van der Waals surface area contributed by atoms with Gasteiger partial charge in [-0.2, -0.15) is 0 Å². The highest BCUT2D eigenvalue weighted by molar-refractivity contribution is 5.84. The Kier molecular flexibility index (Phi) is 6.48. The zero-order valence-electron chi connectivity index (χ0n) is 17.6. The smallest absolute Gasteiger partial charge is 0.411 e. The van der Waals surface area contributed by atoms with E-state index in [4.69, 9.17) is 14.2 Å². The molecule has 1 saturated carbocycles. The molecule has 2 aliphatic carbocycles. The summed E-state index contributed by atoms with van der Waals surface area (Å²) >= 11 is 0. The van der Waals surface area contributed by atoms with Crippen LogP contribution in [0, 0.1) is 17.7 Å². The van der Waals surface area contributed by atoms with E-state index >= 15 is 0 Å². The van der Waals surface area contributed by atoms with E-state index in [1.165, 1.54) is 44.0 Å². The number of carbonyl (C=O) groups is 1. The number of hydrogen-bond acceptors (Lipinski definition) is 5. The van der Waals surface area contributed by atoms with Crippen molar-refractivity contribution in [1.29, 1.82) is 0 Å². The quantitative estimate of drug-likeness (QED) is 0.495. The Bertz CT molecular complexity index is 1000. The summed E-state index contributed by atoms with van der Waals surface area (Å²) in [5, 5.41) is 2.58. The van der Waals surface area contributed by atoms with Crippen LogP contribution in [0.1, 0.15) is 32.7 Å². The first-order valence-corrected chi connectivity index (χ1v) is 10.3. The van der Waals surface area contributed by atoms with Crippen molar-refractivity contribution < 1.29 is 24.8 Å². The predicted octanol–water partition coefficient (Wildman–Crippen LogP) is 5.01. The lowest BCUT2D eigenvalue weighted by atomic mass is 9.74. The normalized spacial score (nSPS) is 19.9. The van der Waals surface area contributed by atoms with Crippen LogP contribution >= 0.6 is 0 Å². The van der Waals surface area contributed by atoms with Gasteiger partial charge >= 0.3 is 6.09 Å². The number of benzene rings is 1. The molecule has 1 aromatic carbocycles. The molecule has 1 amide bonds. The second-order valence-corrected chi connectivity index (χ2v) is 7.74. The molecular weight excluding hydrogens is 401 g/mol. The number of fused-ring (bicyclic) bond motifs is 1. The van der Waals surface area contributed by atoms with Gasteiger partial charge in [0.15, 0.2) is 0 Å². The van der Waals surface area contributed by atoms with E-state index in [9.17, 15) is 9.18 Å². The highest BCUT2D eigenvalue weighted by Crippen LogP contribution is 2.39. The van der Waals surface area contributed by atoms with E-state index in [-0.39, 0.29) is 13.7 Å². The minimum atomic E-state index is -0.630. The van der Waals surface area contributed by atoms with Crippen LogP contribution in [0.25, 0.3) is 5.69 Å². The maximum atomic E-state index is 14.6. The molecule has 2 unspecified atom stereocenters. The van der Waals surface area contributed by atoms with Crippen LogP contribution in [0.15, 0.2) is 54.5 Å². The van der Waals surface area contributed by atoms with Crippen LogP contribution < -0.4 is 5.32 Å². The summed E-state index contributed by atoms with van der Waals surface area (Å²) in [5.74, 6) is 0.684. The molecule has 0 saturated heterocycles. The Morgan fingerprint density at radius 3 is 2.84 bits per heavy atom. The third kappa shape index (κ3) is 4.86. The number of nitrogens with zero attached hydrogens (tertiary/aromatic N) is 2. The molecule has 2 atom stereocenters. The van der Waals surface area contributed by atoms with Crippen LogP contribution in [0.4, 0.5) is 14.9 Å². The SMILES string of the molecule is COC(OC)c1cn(-c2ccc(NC(=O)OCC3=CC4CCC4C=CC3)cc2F)cn1.[HH]. The summed E-state index contributed by atoms with van der Waals surface area (Å²) in [6.07, 6.45) is 11.7. The first kappa shape index (κ1) is 21.3. The van der Waals surface area contributed by atoms with Gasteiger partial charge in [-0.15, -0.1) is 0 Å².